The van der Waals surface area contributed by atoms with E-state index in [-0.39, 0.29) is 12.4 Å². The average Bonchev–Trinajstić information content (AvgIpc) is 3.00. The molecule has 3 heterocycles. The predicted octanol–water partition coefficient (Wildman–Crippen LogP) is 4.20. The molecule has 2 aromatic heterocycles. The number of halogens is 1. The first-order valence-corrected chi connectivity index (χ1v) is 10.6. The van der Waals surface area contributed by atoms with Crippen LogP contribution in [0.25, 0.3) is 11.0 Å². The number of aryl methyl sites for hydroxylation is 1. The zero-order valence-corrected chi connectivity index (χ0v) is 17.4. The largest absolute Gasteiger partial charge is 0.330 e. The number of thiophene rings is 1. The Labute approximate surface area is 171 Å². The van der Waals surface area contributed by atoms with Gasteiger partial charge < -0.3 is 9.88 Å². The van der Waals surface area contributed by atoms with Crippen molar-refractivity contribution in [1.29, 1.82) is 0 Å². The number of rotatable bonds is 5. The van der Waals surface area contributed by atoms with Crippen LogP contribution < -0.4 is 5.32 Å². The first-order chi connectivity index (χ1) is 12.8. The summed E-state index contributed by atoms with van der Waals surface area (Å²) in [6.07, 6.45) is 3.99. The minimum absolute atomic E-state index is 0. The van der Waals surface area contributed by atoms with Crippen molar-refractivity contribution in [2.45, 2.75) is 38.4 Å². The Bertz CT molecular complexity index is 898. The van der Waals surface area contributed by atoms with Crippen molar-refractivity contribution >= 4 is 34.8 Å². The van der Waals surface area contributed by atoms with Gasteiger partial charge in [-0.1, -0.05) is 12.1 Å². The van der Waals surface area contributed by atoms with E-state index >= 15 is 0 Å². The lowest BCUT2D eigenvalue weighted by atomic mass is 9.93. The molecule has 1 atom stereocenters. The molecular formula is C21H27ClN4S. The highest BCUT2D eigenvalue weighted by atomic mass is 35.5. The molecule has 1 aromatic carbocycles. The molecule has 1 aliphatic carbocycles. The molecule has 1 N–H and O–H groups in total. The van der Waals surface area contributed by atoms with Gasteiger partial charge in [0.2, 0.25) is 0 Å². The van der Waals surface area contributed by atoms with Gasteiger partial charge in [0.05, 0.1) is 17.6 Å². The van der Waals surface area contributed by atoms with Gasteiger partial charge >= 0.3 is 0 Å². The Balaban J connectivity index is 0.00000180. The zero-order chi connectivity index (χ0) is 17.6. The van der Waals surface area contributed by atoms with E-state index in [1.807, 2.05) is 0 Å². The summed E-state index contributed by atoms with van der Waals surface area (Å²) in [6, 6.07) is 11.4. The van der Waals surface area contributed by atoms with Crippen LogP contribution in [0.3, 0.4) is 0 Å². The number of imidazole rings is 1. The molecule has 1 saturated carbocycles. The second kappa shape index (κ2) is 7.55. The van der Waals surface area contributed by atoms with Gasteiger partial charge in [0.25, 0.3) is 0 Å². The third kappa shape index (κ3) is 3.54. The summed E-state index contributed by atoms with van der Waals surface area (Å²) < 4.78 is 2.27. The molecule has 5 rings (SSSR count). The number of benzene rings is 1. The highest BCUT2D eigenvalue weighted by Crippen LogP contribution is 2.56. The van der Waals surface area contributed by atoms with Crippen LogP contribution in [0.1, 0.15) is 30.7 Å². The standard InChI is InChI=1S/C21H26N4S.ClH/c1-24-18-5-3-2-4-17(18)23-20(24)14-25(13-16-6-11-26-15-16)19-12-21(19)7-9-22-10-8-21;/h2-6,11,15,19,22H,7-10,12-14H2,1H3;1H. The molecule has 2 fully saturated rings. The molecule has 1 aliphatic heterocycles. The summed E-state index contributed by atoms with van der Waals surface area (Å²) in [5.74, 6) is 1.18. The second-order valence-corrected chi connectivity index (χ2v) is 8.72. The van der Waals surface area contributed by atoms with Crippen LogP contribution in [0, 0.1) is 5.41 Å². The lowest BCUT2D eigenvalue weighted by Gasteiger charge is -2.29. The van der Waals surface area contributed by atoms with E-state index in [1.54, 1.807) is 11.3 Å². The quantitative estimate of drug-likeness (QED) is 0.694. The number of fused-ring (bicyclic) bond motifs is 1. The number of aromatic nitrogens is 2. The Morgan fingerprint density at radius 3 is 2.78 bits per heavy atom. The average molecular weight is 403 g/mol. The first-order valence-electron chi connectivity index (χ1n) is 9.61. The maximum atomic E-state index is 4.94. The van der Waals surface area contributed by atoms with Crippen molar-refractivity contribution in [3.05, 3.63) is 52.5 Å². The van der Waals surface area contributed by atoms with Gasteiger partial charge in [0.1, 0.15) is 5.82 Å². The van der Waals surface area contributed by atoms with Gasteiger partial charge in [0.15, 0.2) is 0 Å². The Morgan fingerprint density at radius 2 is 2.04 bits per heavy atom. The van der Waals surface area contributed by atoms with Crippen LogP contribution in [-0.2, 0) is 20.1 Å². The van der Waals surface area contributed by atoms with Crippen LogP contribution in [0.5, 0.6) is 0 Å². The van der Waals surface area contributed by atoms with Crippen molar-refractivity contribution in [3.8, 4) is 0 Å². The molecule has 6 heteroatoms. The van der Waals surface area contributed by atoms with E-state index in [9.17, 15) is 0 Å². The Hall–Kier alpha value is -1.40. The number of nitrogens with zero attached hydrogens (tertiary/aromatic N) is 3. The molecule has 144 valence electrons. The predicted molar refractivity (Wildman–Crippen MR) is 114 cm³/mol. The third-order valence-electron chi connectivity index (χ3n) is 6.38. The number of piperidine rings is 1. The summed E-state index contributed by atoms with van der Waals surface area (Å²) >= 11 is 1.80. The SMILES string of the molecule is Cl.Cn1c(CN(Cc2ccsc2)C2CC23CCNCC3)nc2ccccc21. The molecule has 27 heavy (non-hydrogen) atoms. The van der Waals surface area contributed by atoms with Gasteiger partial charge in [0, 0.05) is 19.6 Å². The minimum Gasteiger partial charge on any atom is -0.330 e. The highest BCUT2D eigenvalue weighted by Gasteiger charge is 2.56. The molecule has 4 nitrogen and oxygen atoms in total. The van der Waals surface area contributed by atoms with Crippen LogP contribution >= 0.6 is 23.7 Å². The van der Waals surface area contributed by atoms with Crippen LogP contribution in [0.4, 0.5) is 0 Å². The van der Waals surface area contributed by atoms with Gasteiger partial charge in [-0.2, -0.15) is 11.3 Å². The van der Waals surface area contributed by atoms with Gasteiger partial charge in [-0.3, -0.25) is 4.90 Å². The minimum atomic E-state index is 0. The lowest BCUT2D eigenvalue weighted by Crippen LogP contribution is -2.36. The normalized spacial score (nSPS) is 20.9. The van der Waals surface area contributed by atoms with E-state index < -0.39 is 0 Å². The number of hydrogen-bond acceptors (Lipinski definition) is 4. The Kier molecular flexibility index (Phi) is 5.30. The molecule has 3 aromatic rings. The van der Waals surface area contributed by atoms with Crippen molar-refractivity contribution in [3.63, 3.8) is 0 Å². The lowest BCUT2D eigenvalue weighted by molar-refractivity contribution is 0.183. The van der Waals surface area contributed by atoms with Crippen molar-refractivity contribution in [2.75, 3.05) is 13.1 Å². The highest BCUT2D eigenvalue weighted by molar-refractivity contribution is 7.07. The summed E-state index contributed by atoms with van der Waals surface area (Å²) in [4.78, 5) is 7.63. The molecule has 1 unspecified atom stereocenters. The summed E-state index contributed by atoms with van der Waals surface area (Å²) in [7, 11) is 2.15. The van der Waals surface area contributed by atoms with E-state index in [2.05, 4.69) is 62.9 Å². The monoisotopic (exact) mass is 402 g/mol. The van der Waals surface area contributed by atoms with E-state index in [1.165, 1.54) is 49.3 Å². The smallest absolute Gasteiger partial charge is 0.123 e. The fourth-order valence-corrected chi connectivity index (χ4v) is 5.38. The summed E-state index contributed by atoms with van der Waals surface area (Å²) in [5.41, 5.74) is 4.31. The summed E-state index contributed by atoms with van der Waals surface area (Å²) in [5, 5.41) is 8.01. The topological polar surface area (TPSA) is 33.1 Å². The molecule has 1 saturated heterocycles. The molecular weight excluding hydrogens is 376 g/mol. The van der Waals surface area contributed by atoms with E-state index in [0.717, 1.165) is 18.6 Å². The first kappa shape index (κ1) is 18.9. The summed E-state index contributed by atoms with van der Waals surface area (Å²) in [6.45, 7) is 4.32. The number of nitrogens with one attached hydrogen (secondary N) is 1. The van der Waals surface area contributed by atoms with Crippen LogP contribution in [-0.4, -0.2) is 33.6 Å². The Morgan fingerprint density at radius 1 is 1.22 bits per heavy atom. The van der Waals surface area contributed by atoms with Crippen LogP contribution in [0.15, 0.2) is 41.1 Å². The van der Waals surface area contributed by atoms with Crippen LogP contribution in [0.2, 0.25) is 0 Å². The van der Waals surface area contributed by atoms with Gasteiger partial charge in [-0.15, -0.1) is 12.4 Å². The van der Waals surface area contributed by atoms with E-state index in [0.29, 0.717) is 11.5 Å². The fraction of sp³-hybridized carbons (Fsp3) is 0.476. The molecule has 1 spiro atoms. The molecule has 0 radical (unpaired) electrons. The number of para-hydroxylation sites is 2. The second-order valence-electron chi connectivity index (χ2n) is 7.94. The van der Waals surface area contributed by atoms with Crippen molar-refractivity contribution in [2.24, 2.45) is 12.5 Å². The zero-order valence-electron chi connectivity index (χ0n) is 15.7. The molecule has 0 amide bonds. The third-order valence-corrected chi connectivity index (χ3v) is 7.11. The van der Waals surface area contributed by atoms with Crippen molar-refractivity contribution in [1.82, 2.24) is 19.8 Å². The fourth-order valence-electron chi connectivity index (χ4n) is 4.72. The van der Waals surface area contributed by atoms with E-state index in [4.69, 9.17) is 4.98 Å². The van der Waals surface area contributed by atoms with Crippen molar-refractivity contribution < 1.29 is 0 Å². The number of hydrogen-bond donors (Lipinski definition) is 1. The van der Waals surface area contributed by atoms with Gasteiger partial charge in [-0.25, -0.2) is 4.98 Å². The maximum Gasteiger partial charge on any atom is 0.123 e. The molecule has 2 aliphatic rings. The maximum absolute atomic E-state index is 4.94. The molecule has 0 bridgehead atoms. The van der Waals surface area contributed by atoms with Gasteiger partial charge in [-0.05, 0) is 72.3 Å².